The Labute approximate surface area is 408 Å². The van der Waals surface area contributed by atoms with Crippen molar-refractivity contribution in [2.24, 2.45) is 0 Å². The Morgan fingerprint density at radius 1 is 0.323 bits per heavy atom. The third kappa shape index (κ3) is 52.6. The van der Waals surface area contributed by atoms with Crippen LogP contribution in [0.3, 0.4) is 0 Å². The van der Waals surface area contributed by atoms with Crippen molar-refractivity contribution < 1.29 is 20.1 Å². The molecule has 0 fully saturated rings. The molecule has 0 rings (SSSR count). The average molecular weight is 921 g/mol. The summed E-state index contributed by atoms with van der Waals surface area (Å²) < 4.78 is 0. The number of rotatable bonds is 57. The lowest BCUT2D eigenvalue weighted by Gasteiger charge is -2.23. The fourth-order valence-corrected chi connectivity index (χ4v) is 10.1. The largest absolute Gasteiger partial charge is 0.394 e. The molecular weight excluding hydrogens is 799 g/mol. The molecule has 5 heteroatoms. The smallest absolute Gasteiger partial charge is 0.222 e. The molecule has 5 nitrogen and oxygen atoms in total. The highest BCUT2D eigenvalue weighted by molar-refractivity contribution is 5.76. The Morgan fingerprint density at radius 2 is 0.523 bits per heavy atom. The Kier molecular flexibility index (Phi) is 55.4. The van der Waals surface area contributed by atoms with Gasteiger partial charge in [-0.2, -0.15) is 0 Å². The maximum absolute atomic E-state index is 12.6. The van der Waals surface area contributed by atoms with E-state index in [0.717, 1.165) is 25.7 Å². The maximum Gasteiger partial charge on any atom is 0.222 e. The number of carbonyl (C=O) groups excluding carboxylic acids is 1. The van der Waals surface area contributed by atoms with Gasteiger partial charge in [0.15, 0.2) is 0 Å². The van der Waals surface area contributed by atoms with Crippen LogP contribution in [0.1, 0.15) is 354 Å². The van der Waals surface area contributed by atoms with Crippen molar-refractivity contribution in [2.75, 3.05) is 6.61 Å². The third-order valence-electron chi connectivity index (χ3n) is 14.7. The molecule has 4 N–H and O–H groups in total. The van der Waals surface area contributed by atoms with Crippen molar-refractivity contribution in [3.8, 4) is 0 Å². The van der Waals surface area contributed by atoms with Gasteiger partial charge < -0.3 is 20.6 Å². The number of carbonyl (C=O) groups is 1. The molecule has 0 aromatic heterocycles. The second kappa shape index (κ2) is 55.9. The van der Waals surface area contributed by atoms with Gasteiger partial charge in [0.05, 0.1) is 31.3 Å². The van der Waals surface area contributed by atoms with E-state index in [9.17, 15) is 20.1 Å². The summed E-state index contributed by atoms with van der Waals surface area (Å²) in [6.07, 6.45) is 68.5. The van der Waals surface area contributed by atoms with Crippen LogP contribution in [0, 0.1) is 0 Å². The first kappa shape index (κ1) is 64.3. The number of hydrogen-bond acceptors (Lipinski definition) is 4. The molecule has 0 heterocycles. The molecule has 3 atom stereocenters. The predicted octanol–water partition coefficient (Wildman–Crippen LogP) is 18.9. The molecule has 0 spiro atoms. The molecule has 3 unspecified atom stereocenters. The van der Waals surface area contributed by atoms with Gasteiger partial charge in [-0.25, -0.2) is 0 Å². The molecule has 0 saturated heterocycles. The number of nitrogens with one attached hydrogen (secondary N) is 1. The lowest BCUT2D eigenvalue weighted by Crippen LogP contribution is -2.46. The molecule has 0 aromatic rings. The van der Waals surface area contributed by atoms with Crippen molar-refractivity contribution in [1.82, 2.24) is 5.32 Å². The van der Waals surface area contributed by atoms with E-state index in [2.05, 4.69) is 19.2 Å². The van der Waals surface area contributed by atoms with Crippen LogP contribution in [0.2, 0.25) is 0 Å². The Hall–Kier alpha value is -0.650. The monoisotopic (exact) mass is 920 g/mol. The minimum absolute atomic E-state index is 0.0438. The van der Waals surface area contributed by atoms with Crippen molar-refractivity contribution in [1.29, 1.82) is 0 Å². The average Bonchev–Trinajstić information content (AvgIpc) is 3.30. The zero-order valence-corrected chi connectivity index (χ0v) is 44.7. The highest BCUT2D eigenvalue weighted by atomic mass is 16.3. The van der Waals surface area contributed by atoms with Crippen LogP contribution in [0.5, 0.6) is 0 Å². The molecule has 0 bridgehead atoms. The molecule has 0 aliphatic heterocycles. The van der Waals surface area contributed by atoms with Crippen LogP contribution in [-0.2, 0) is 4.79 Å². The molecule has 65 heavy (non-hydrogen) atoms. The van der Waals surface area contributed by atoms with Crippen molar-refractivity contribution in [3.05, 3.63) is 0 Å². The summed E-state index contributed by atoms with van der Waals surface area (Å²) in [4.78, 5) is 12.6. The summed E-state index contributed by atoms with van der Waals surface area (Å²) in [6, 6.07) is -0.655. The number of amides is 1. The SMILES string of the molecule is CCCCCCCCCCCCCCCCCCCCCCCCCCCC(O)CC(=O)NC(CO)C(O)CCCCCCCCCCCCCCCCCCCCCCCCCCC. The number of aliphatic hydroxyl groups is 3. The second-order valence-electron chi connectivity index (χ2n) is 21.3. The van der Waals surface area contributed by atoms with Crippen molar-refractivity contribution in [2.45, 2.75) is 372 Å². The fraction of sp³-hybridized carbons (Fsp3) is 0.983. The third-order valence-corrected chi connectivity index (χ3v) is 14.7. The summed E-state index contributed by atoms with van der Waals surface area (Å²) in [5, 5.41) is 33.7. The lowest BCUT2D eigenvalue weighted by atomic mass is 10.0. The van der Waals surface area contributed by atoms with Crippen molar-refractivity contribution >= 4 is 5.91 Å². The fourth-order valence-electron chi connectivity index (χ4n) is 10.1. The van der Waals surface area contributed by atoms with Gasteiger partial charge in [0.2, 0.25) is 5.91 Å². The van der Waals surface area contributed by atoms with Gasteiger partial charge in [-0.3, -0.25) is 4.79 Å². The minimum Gasteiger partial charge on any atom is -0.394 e. The summed E-state index contributed by atoms with van der Waals surface area (Å²) in [5.41, 5.74) is 0. The van der Waals surface area contributed by atoms with Crippen LogP contribution >= 0.6 is 0 Å². The van der Waals surface area contributed by atoms with Crippen LogP contribution in [0.4, 0.5) is 0 Å². The van der Waals surface area contributed by atoms with Gasteiger partial charge >= 0.3 is 0 Å². The lowest BCUT2D eigenvalue weighted by molar-refractivity contribution is -0.125. The van der Waals surface area contributed by atoms with E-state index >= 15 is 0 Å². The van der Waals surface area contributed by atoms with Crippen LogP contribution in [-0.4, -0.2) is 46.1 Å². The van der Waals surface area contributed by atoms with Crippen LogP contribution in [0.15, 0.2) is 0 Å². The first-order valence-electron chi connectivity index (χ1n) is 30.3. The predicted molar refractivity (Wildman–Crippen MR) is 287 cm³/mol. The van der Waals surface area contributed by atoms with E-state index in [-0.39, 0.29) is 18.9 Å². The molecule has 1 amide bonds. The quantitative estimate of drug-likeness (QED) is 0.0458. The zero-order valence-electron chi connectivity index (χ0n) is 44.7. The van der Waals surface area contributed by atoms with Crippen molar-refractivity contribution in [3.63, 3.8) is 0 Å². The van der Waals surface area contributed by atoms with Gasteiger partial charge in [-0.1, -0.05) is 335 Å². The number of unbranched alkanes of at least 4 members (excludes halogenated alkanes) is 48. The van der Waals surface area contributed by atoms with Crippen LogP contribution < -0.4 is 5.32 Å². The van der Waals surface area contributed by atoms with E-state index in [4.69, 9.17) is 0 Å². The van der Waals surface area contributed by atoms with E-state index in [1.54, 1.807) is 0 Å². The molecule has 390 valence electrons. The van der Waals surface area contributed by atoms with E-state index < -0.39 is 18.2 Å². The van der Waals surface area contributed by atoms with Gasteiger partial charge in [0.25, 0.3) is 0 Å². The van der Waals surface area contributed by atoms with Gasteiger partial charge in [0, 0.05) is 0 Å². The Morgan fingerprint density at radius 3 is 0.738 bits per heavy atom. The molecule has 0 saturated carbocycles. The highest BCUT2D eigenvalue weighted by Gasteiger charge is 2.21. The highest BCUT2D eigenvalue weighted by Crippen LogP contribution is 2.19. The van der Waals surface area contributed by atoms with Gasteiger partial charge in [-0.05, 0) is 12.8 Å². The molecular formula is C60H121NO4. The summed E-state index contributed by atoms with van der Waals surface area (Å²) in [5.74, 6) is -0.273. The second-order valence-corrected chi connectivity index (χ2v) is 21.3. The molecule has 0 aliphatic carbocycles. The topological polar surface area (TPSA) is 89.8 Å². The van der Waals surface area contributed by atoms with Crippen LogP contribution in [0.25, 0.3) is 0 Å². The first-order chi connectivity index (χ1) is 32.0. The number of aliphatic hydroxyl groups excluding tert-OH is 3. The van der Waals surface area contributed by atoms with E-state index in [0.29, 0.717) is 12.8 Å². The summed E-state index contributed by atoms with van der Waals surface area (Å²) in [7, 11) is 0. The van der Waals surface area contributed by atoms with Gasteiger partial charge in [0.1, 0.15) is 0 Å². The standard InChI is InChI=1S/C60H121NO4/c1-3-5-7-9-11-13-15-17-19-21-23-25-27-29-31-33-35-37-39-41-43-45-47-49-51-53-57(63)55-60(65)61-58(56-62)59(64)54-52-50-48-46-44-42-40-38-36-34-32-30-28-26-24-22-20-18-16-14-12-10-8-6-4-2/h57-59,62-64H,3-56H2,1-2H3,(H,61,65). The minimum atomic E-state index is -0.746. The molecule has 0 radical (unpaired) electrons. The first-order valence-corrected chi connectivity index (χ1v) is 30.3. The molecule has 0 aliphatic rings. The Balaban J connectivity index is 3.47. The van der Waals surface area contributed by atoms with E-state index in [1.807, 2.05) is 0 Å². The maximum atomic E-state index is 12.6. The number of hydrogen-bond donors (Lipinski definition) is 4. The zero-order chi connectivity index (χ0) is 47.2. The normalized spacial score (nSPS) is 13.1. The van der Waals surface area contributed by atoms with Gasteiger partial charge in [-0.15, -0.1) is 0 Å². The summed E-state index contributed by atoms with van der Waals surface area (Å²) in [6.45, 7) is 4.32. The Bertz CT molecular complexity index is 883. The van der Waals surface area contributed by atoms with E-state index in [1.165, 1.54) is 295 Å². The summed E-state index contributed by atoms with van der Waals surface area (Å²) >= 11 is 0. The molecule has 0 aromatic carbocycles.